The summed E-state index contributed by atoms with van der Waals surface area (Å²) >= 11 is 18.9. The minimum atomic E-state index is -0.374. The maximum atomic E-state index is 13.5. The van der Waals surface area contributed by atoms with Gasteiger partial charge in [0.2, 0.25) is 17.7 Å². The first-order valence-electron chi connectivity index (χ1n) is 36.5. The number of amides is 6. The molecule has 3 aliphatic rings. The van der Waals surface area contributed by atoms with Gasteiger partial charge in [-0.05, 0) is 187 Å². The molecule has 0 spiro atoms. The number of nitrogens with two attached hydrogens (primary N) is 3. The second-order valence-corrected chi connectivity index (χ2v) is 28.2. The van der Waals surface area contributed by atoms with Crippen molar-refractivity contribution < 1.29 is 38.2 Å². The number of hydrogen-bond donors (Lipinski definition) is 9. The van der Waals surface area contributed by atoms with E-state index in [0.717, 1.165) is 74.7 Å². The molecule has 0 bridgehead atoms. The van der Waals surface area contributed by atoms with Crippen molar-refractivity contribution in [3.8, 4) is 11.5 Å². The Hall–Kier alpha value is -9.19. The number of fused-ring (bicyclic) bond motifs is 3. The quantitative estimate of drug-likeness (QED) is 0.0244. The molecule has 9 aromatic rings. The summed E-state index contributed by atoms with van der Waals surface area (Å²) in [6, 6.07) is 58.5. The SMILES string of the molecule is COc1cc(CN2CC[C@@H](CNC(=O)c3ccc4ccccc4c3)N[C@@H](CCCN)C2=O)cc(OC)c1.NCCC[C@@H]1N[C@H](CNC(=O)c2ccc3ccccc3c2)CCN(Cc2cccc(Cl)c2Cl)C1=O.NCCC[C@@H]1N[C@H](CNC(=O)c2ccc3ccccc3c2)CCN(Cc2ccccc2Cl)C1=O. The highest BCUT2D eigenvalue weighted by molar-refractivity contribution is 6.42. The van der Waals surface area contributed by atoms with Crippen molar-refractivity contribution in [2.24, 2.45) is 17.2 Å². The first-order valence-corrected chi connectivity index (χ1v) is 37.6. The summed E-state index contributed by atoms with van der Waals surface area (Å²) in [6.07, 6.45) is 6.28. The van der Waals surface area contributed by atoms with Crippen LogP contribution in [0.4, 0.5) is 0 Å². The maximum absolute atomic E-state index is 13.5. The number of carbonyl (C=O) groups is 6. The standard InChI is InChI=1S/C29H36N4O4.C27H30Cl2N4O2.C27H31ClN4O2/c1-36-25-14-20(15-26(17-25)37-2)19-33-13-11-24(32-27(29(33)35)8-5-12-30)18-31-28(34)23-10-9-21-6-3-4-7-22(21)16-23;28-23-8-3-7-21(25(23)29)17-33-14-12-22(32-24(27(33)35)9-4-13-30)16-31-26(34)20-11-10-18-5-1-2-6-19(18)15-20;28-24-9-4-3-8-22(24)18-32-15-13-23(31-25(27(32)34)10-5-14-29)17-30-26(33)21-12-11-19-6-1-2-7-20(19)16-21/h3-4,6-7,9-10,14-17,24,27,32H,5,8,11-13,18-19,30H2,1-2H3,(H,31,34);1-3,5-8,10-11,15,22,24,32H,4,9,12-14,16-17,30H2,(H,31,34);1-4,6-9,11-12,16,23,25,31H,5,10,13-15,17-18,29H2,(H,30,33)/t24-,27-;22-,24-;23-,25-/m000/s1. The summed E-state index contributed by atoms with van der Waals surface area (Å²) in [4.78, 5) is 84.2. The first-order chi connectivity index (χ1) is 51.5. The van der Waals surface area contributed by atoms with Gasteiger partial charge in [-0.3, -0.25) is 28.8 Å². The molecule has 3 aliphatic heterocycles. The van der Waals surface area contributed by atoms with Crippen LogP contribution in [0.1, 0.15) is 106 Å². The van der Waals surface area contributed by atoms with E-state index in [2.05, 4.69) is 31.9 Å². The molecule has 0 aromatic heterocycles. The summed E-state index contributed by atoms with van der Waals surface area (Å²) in [7, 11) is 3.22. The molecule has 0 radical (unpaired) electrons. The summed E-state index contributed by atoms with van der Waals surface area (Å²) < 4.78 is 10.8. The monoisotopic (exact) mass is 1490 g/mol. The number of benzene rings is 9. The Morgan fingerprint density at radius 2 is 0.755 bits per heavy atom. The van der Waals surface area contributed by atoms with E-state index < -0.39 is 0 Å². The molecular formula is C83H97Cl3N12O8. The van der Waals surface area contributed by atoms with Crippen LogP contribution in [0.15, 0.2) is 188 Å². The molecule has 23 heteroatoms. The lowest BCUT2D eigenvalue weighted by atomic mass is 10.1. The van der Waals surface area contributed by atoms with E-state index in [1.807, 2.05) is 197 Å². The molecular weight excluding hydrogens is 1400 g/mol. The average Bonchev–Trinajstić information content (AvgIpc) is 1.84. The van der Waals surface area contributed by atoms with Gasteiger partial charge in [-0.1, -0.05) is 156 Å². The number of carbonyl (C=O) groups excluding carboxylic acids is 6. The van der Waals surface area contributed by atoms with Crippen LogP contribution in [0.3, 0.4) is 0 Å². The van der Waals surface area contributed by atoms with Crippen molar-refractivity contribution in [1.82, 2.24) is 46.6 Å². The second kappa shape index (κ2) is 40.0. The number of nitrogens with one attached hydrogen (secondary N) is 6. The van der Waals surface area contributed by atoms with Crippen molar-refractivity contribution in [2.75, 3.05) is 73.1 Å². The van der Waals surface area contributed by atoms with Crippen LogP contribution in [-0.2, 0) is 34.0 Å². The molecule has 558 valence electrons. The fraction of sp³-hybridized carbons (Fsp3) is 0.349. The Morgan fingerprint density at radius 1 is 0.415 bits per heavy atom. The molecule has 6 amide bonds. The lowest BCUT2D eigenvalue weighted by Crippen LogP contribution is -2.48. The Kier molecular flexibility index (Phi) is 29.9. The van der Waals surface area contributed by atoms with Crippen LogP contribution < -0.4 is 58.6 Å². The van der Waals surface area contributed by atoms with E-state index in [1.54, 1.807) is 20.3 Å². The minimum absolute atomic E-state index is 0.0119. The lowest BCUT2D eigenvalue weighted by Gasteiger charge is -2.25. The Bertz CT molecular complexity index is 4450. The Balaban J connectivity index is 0.000000170. The molecule has 0 saturated carbocycles. The van der Waals surface area contributed by atoms with Gasteiger partial charge >= 0.3 is 0 Å². The average molecular weight is 1500 g/mol. The molecule has 106 heavy (non-hydrogen) atoms. The zero-order valence-corrected chi connectivity index (χ0v) is 62.5. The van der Waals surface area contributed by atoms with E-state index in [9.17, 15) is 28.8 Å². The molecule has 0 unspecified atom stereocenters. The van der Waals surface area contributed by atoms with Crippen molar-refractivity contribution in [3.63, 3.8) is 0 Å². The molecule has 3 fully saturated rings. The van der Waals surface area contributed by atoms with Gasteiger partial charge in [0.05, 0.1) is 42.4 Å². The lowest BCUT2D eigenvalue weighted by molar-refractivity contribution is -0.134. The second-order valence-electron chi connectivity index (χ2n) is 27.0. The third-order valence-electron chi connectivity index (χ3n) is 19.5. The molecule has 20 nitrogen and oxygen atoms in total. The highest BCUT2D eigenvalue weighted by Gasteiger charge is 2.34. The van der Waals surface area contributed by atoms with E-state index >= 15 is 0 Å². The highest BCUT2D eigenvalue weighted by atomic mass is 35.5. The molecule has 12 rings (SSSR count). The largest absolute Gasteiger partial charge is 0.497 e. The van der Waals surface area contributed by atoms with Gasteiger partial charge in [0.25, 0.3) is 17.7 Å². The third kappa shape index (κ3) is 22.2. The van der Waals surface area contributed by atoms with Crippen LogP contribution in [-0.4, -0.2) is 160 Å². The summed E-state index contributed by atoms with van der Waals surface area (Å²) in [6.45, 7) is 5.85. The Morgan fingerprint density at radius 3 is 1.13 bits per heavy atom. The van der Waals surface area contributed by atoms with Gasteiger partial charge in [-0.25, -0.2) is 0 Å². The van der Waals surface area contributed by atoms with Gasteiger partial charge in [-0.2, -0.15) is 0 Å². The predicted molar refractivity (Wildman–Crippen MR) is 423 cm³/mol. The molecule has 12 N–H and O–H groups in total. The first kappa shape index (κ1) is 79.4. The maximum Gasteiger partial charge on any atom is 0.251 e. The smallest absolute Gasteiger partial charge is 0.251 e. The number of methoxy groups -OCH3 is 2. The normalized spacial score (nSPS) is 18.3. The van der Waals surface area contributed by atoms with E-state index in [1.165, 1.54) is 0 Å². The van der Waals surface area contributed by atoms with Gasteiger partial charge < -0.3 is 73.3 Å². The highest BCUT2D eigenvalue weighted by Crippen LogP contribution is 2.30. The fourth-order valence-electron chi connectivity index (χ4n) is 13.6. The zero-order chi connectivity index (χ0) is 74.9. The van der Waals surface area contributed by atoms with Gasteiger partial charge in [0.15, 0.2) is 0 Å². The number of rotatable bonds is 26. The van der Waals surface area contributed by atoms with Crippen molar-refractivity contribution >= 4 is 103 Å². The van der Waals surface area contributed by atoms with Crippen molar-refractivity contribution in [2.45, 2.75) is 114 Å². The summed E-state index contributed by atoms with van der Waals surface area (Å²) in [5.74, 6) is 1.10. The molecule has 3 saturated heterocycles. The number of ether oxygens (including phenoxy) is 2. The number of nitrogens with zero attached hydrogens (tertiary/aromatic N) is 3. The van der Waals surface area contributed by atoms with E-state index in [4.69, 9.17) is 61.5 Å². The number of hydrogen-bond acceptors (Lipinski definition) is 14. The van der Waals surface area contributed by atoms with Crippen LogP contribution in [0.5, 0.6) is 11.5 Å². The number of halogens is 3. The summed E-state index contributed by atoms with van der Waals surface area (Å²) in [5.41, 5.74) is 21.7. The van der Waals surface area contributed by atoms with Crippen LogP contribution >= 0.6 is 34.8 Å². The van der Waals surface area contributed by atoms with Crippen molar-refractivity contribution in [3.05, 3.63) is 237 Å². The van der Waals surface area contributed by atoms with Gasteiger partial charge in [-0.15, -0.1) is 0 Å². The van der Waals surface area contributed by atoms with Crippen LogP contribution in [0.25, 0.3) is 32.3 Å². The minimum Gasteiger partial charge on any atom is -0.497 e. The fourth-order valence-corrected chi connectivity index (χ4v) is 14.2. The topological polar surface area (TPSA) is 281 Å². The van der Waals surface area contributed by atoms with Gasteiger partial charge in [0.1, 0.15) is 11.5 Å². The third-order valence-corrected chi connectivity index (χ3v) is 20.8. The zero-order valence-electron chi connectivity index (χ0n) is 60.2. The molecule has 9 aromatic carbocycles. The van der Waals surface area contributed by atoms with E-state index in [-0.39, 0.29) is 71.7 Å². The molecule has 6 atom stereocenters. The summed E-state index contributed by atoms with van der Waals surface area (Å²) in [5, 5.41) is 27.5. The van der Waals surface area contributed by atoms with E-state index in [0.29, 0.717) is 154 Å². The Labute approximate surface area is 635 Å². The molecule has 0 aliphatic carbocycles. The van der Waals surface area contributed by atoms with Crippen LogP contribution in [0.2, 0.25) is 15.1 Å². The van der Waals surface area contributed by atoms with Crippen LogP contribution in [0, 0.1) is 0 Å². The molecule has 3 heterocycles. The van der Waals surface area contributed by atoms with Crippen molar-refractivity contribution in [1.29, 1.82) is 0 Å². The van der Waals surface area contributed by atoms with Gasteiger partial charge in [0, 0.05) is 105 Å². The predicted octanol–water partition coefficient (Wildman–Crippen LogP) is 11.2.